The first-order valence-electron chi connectivity index (χ1n) is 10.3. The molecule has 0 atom stereocenters. The van der Waals surface area contributed by atoms with Gasteiger partial charge in [0.1, 0.15) is 5.76 Å². The van der Waals surface area contributed by atoms with Gasteiger partial charge in [0.25, 0.3) is 0 Å². The SMILES string of the molecule is CN=C(NCc1nc(C)c(C)o1)NCc1ccccc1CN1CCCCCC1. The monoisotopic (exact) mass is 383 g/mol. The zero-order chi connectivity index (χ0) is 19.8. The first-order valence-corrected chi connectivity index (χ1v) is 10.3. The number of aryl methyl sites for hydroxylation is 2. The highest BCUT2D eigenvalue weighted by Crippen LogP contribution is 2.16. The highest BCUT2D eigenvalue weighted by molar-refractivity contribution is 5.79. The summed E-state index contributed by atoms with van der Waals surface area (Å²) in [7, 11) is 1.78. The predicted octanol–water partition coefficient (Wildman–Crippen LogP) is 3.53. The van der Waals surface area contributed by atoms with E-state index in [4.69, 9.17) is 4.42 Å². The molecule has 1 aromatic carbocycles. The Labute approximate surface area is 168 Å². The summed E-state index contributed by atoms with van der Waals surface area (Å²) in [4.78, 5) is 11.3. The van der Waals surface area contributed by atoms with Crippen LogP contribution in [0.3, 0.4) is 0 Å². The first-order chi connectivity index (χ1) is 13.7. The molecule has 2 N–H and O–H groups in total. The highest BCUT2D eigenvalue weighted by atomic mass is 16.4. The summed E-state index contributed by atoms with van der Waals surface area (Å²) >= 11 is 0. The van der Waals surface area contributed by atoms with Crippen molar-refractivity contribution >= 4 is 5.96 Å². The Morgan fingerprint density at radius 1 is 1.04 bits per heavy atom. The Hall–Kier alpha value is -2.34. The molecule has 1 fully saturated rings. The third-order valence-corrected chi connectivity index (χ3v) is 5.36. The number of oxazole rings is 1. The lowest BCUT2D eigenvalue weighted by atomic mass is 10.1. The molecule has 6 heteroatoms. The Bertz CT molecular complexity index is 755. The Kier molecular flexibility index (Phi) is 7.48. The van der Waals surface area contributed by atoms with E-state index < -0.39 is 0 Å². The number of likely N-dealkylation sites (tertiary alicyclic amines) is 1. The molecule has 1 aliphatic heterocycles. The quantitative estimate of drug-likeness (QED) is 0.590. The molecule has 1 aliphatic rings. The summed E-state index contributed by atoms with van der Waals surface area (Å²) in [5.41, 5.74) is 3.64. The Balaban J connectivity index is 1.55. The van der Waals surface area contributed by atoms with Crippen LogP contribution >= 0.6 is 0 Å². The van der Waals surface area contributed by atoms with Gasteiger partial charge in [-0.1, -0.05) is 37.1 Å². The van der Waals surface area contributed by atoms with Crippen molar-refractivity contribution in [2.24, 2.45) is 4.99 Å². The van der Waals surface area contributed by atoms with Crippen LogP contribution in [-0.2, 0) is 19.6 Å². The number of aromatic nitrogens is 1. The van der Waals surface area contributed by atoms with Crippen LogP contribution in [0, 0.1) is 13.8 Å². The van der Waals surface area contributed by atoms with E-state index in [1.165, 1.54) is 49.9 Å². The van der Waals surface area contributed by atoms with Gasteiger partial charge < -0.3 is 15.1 Å². The zero-order valence-electron chi connectivity index (χ0n) is 17.4. The van der Waals surface area contributed by atoms with Crippen molar-refractivity contribution in [3.8, 4) is 0 Å². The molecule has 0 unspecified atom stereocenters. The lowest BCUT2D eigenvalue weighted by molar-refractivity contribution is 0.276. The van der Waals surface area contributed by atoms with Crippen LogP contribution in [0.25, 0.3) is 0 Å². The Morgan fingerprint density at radius 2 is 1.71 bits per heavy atom. The molecule has 1 saturated heterocycles. The van der Waals surface area contributed by atoms with E-state index in [1.54, 1.807) is 7.05 Å². The zero-order valence-corrected chi connectivity index (χ0v) is 17.4. The minimum absolute atomic E-state index is 0.518. The second kappa shape index (κ2) is 10.3. The molecule has 0 aliphatic carbocycles. The summed E-state index contributed by atoms with van der Waals surface area (Å²) in [5.74, 6) is 2.29. The fourth-order valence-electron chi connectivity index (χ4n) is 3.59. The maximum absolute atomic E-state index is 5.62. The molecule has 3 rings (SSSR count). The predicted molar refractivity (Wildman–Crippen MR) is 113 cm³/mol. The fourth-order valence-corrected chi connectivity index (χ4v) is 3.59. The van der Waals surface area contributed by atoms with Crippen LogP contribution < -0.4 is 10.6 Å². The van der Waals surface area contributed by atoms with Gasteiger partial charge in [0.2, 0.25) is 5.89 Å². The molecule has 2 aromatic rings. The molecule has 1 aromatic heterocycles. The standard InChI is InChI=1S/C22H33N5O/c1-17-18(2)28-21(26-17)15-25-22(23-3)24-14-19-10-6-7-11-20(19)16-27-12-8-4-5-9-13-27/h6-7,10-11H,4-5,8-9,12-16H2,1-3H3,(H2,23,24,25). The molecule has 0 spiro atoms. The van der Waals surface area contributed by atoms with Crippen LogP contribution in [0.15, 0.2) is 33.7 Å². The third kappa shape index (κ3) is 5.83. The average Bonchev–Trinajstić information content (AvgIpc) is 2.88. The number of hydrogen-bond donors (Lipinski definition) is 2. The van der Waals surface area contributed by atoms with E-state index in [0.29, 0.717) is 12.4 Å². The lowest BCUT2D eigenvalue weighted by Crippen LogP contribution is -2.36. The second-order valence-electron chi connectivity index (χ2n) is 7.49. The minimum Gasteiger partial charge on any atom is -0.444 e. The van der Waals surface area contributed by atoms with Crippen molar-refractivity contribution < 1.29 is 4.42 Å². The van der Waals surface area contributed by atoms with Crippen molar-refractivity contribution in [3.05, 3.63) is 52.7 Å². The minimum atomic E-state index is 0.518. The average molecular weight is 384 g/mol. The molecule has 152 valence electrons. The number of benzene rings is 1. The van der Waals surface area contributed by atoms with E-state index in [-0.39, 0.29) is 0 Å². The smallest absolute Gasteiger partial charge is 0.214 e. The number of rotatable bonds is 6. The third-order valence-electron chi connectivity index (χ3n) is 5.36. The molecule has 0 radical (unpaired) electrons. The van der Waals surface area contributed by atoms with Crippen LogP contribution in [0.5, 0.6) is 0 Å². The van der Waals surface area contributed by atoms with E-state index in [1.807, 2.05) is 13.8 Å². The number of hydrogen-bond acceptors (Lipinski definition) is 4. The molecule has 0 bridgehead atoms. The van der Waals surface area contributed by atoms with Gasteiger partial charge >= 0.3 is 0 Å². The van der Waals surface area contributed by atoms with Gasteiger partial charge in [-0.2, -0.15) is 0 Å². The largest absolute Gasteiger partial charge is 0.444 e. The van der Waals surface area contributed by atoms with Crippen molar-refractivity contribution in [2.75, 3.05) is 20.1 Å². The number of nitrogens with zero attached hydrogens (tertiary/aromatic N) is 3. The van der Waals surface area contributed by atoms with Crippen LogP contribution in [-0.4, -0.2) is 36.0 Å². The molecule has 28 heavy (non-hydrogen) atoms. The van der Waals surface area contributed by atoms with Crippen LogP contribution in [0.1, 0.15) is 54.2 Å². The number of aliphatic imine (C=N–C) groups is 1. The molecule has 0 saturated carbocycles. The number of nitrogens with one attached hydrogen (secondary N) is 2. The van der Waals surface area contributed by atoms with Gasteiger partial charge in [0.05, 0.1) is 12.2 Å². The van der Waals surface area contributed by atoms with E-state index in [2.05, 4.69) is 49.8 Å². The summed E-state index contributed by atoms with van der Waals surface area (Å²) < 4.78 is 5.62. The van der Waals surface area contributed by atoms with Crippen molar-refractivity contribution in [3.63, 3.8) is 0 Å². The topological polar surface area (TPSA) is 65.7 Å². The Morgan fingerprint density at radius 3 is 2.36 bits per heavy atom. The van der Waals surface area contributed by atoms with Gasteiger partial charge in [-0.25, -0.2) is 4.98 Å². The van der Waals surface area contributed by atoms with Gasteiger partial charge in [-0.15, -0.1) is 0 Å². The van der Waals surface area contributed by atoms with Gasteiger partial charge in [0.15, 0.2) is 5.96 Å². The van der Waals surface area contributed by atoms with Crippen molar-refractivity contribution in [1.29, 1.82) is 0 Å². The van der Waals surface area contributed by atoms with E-state index in [0.717, 1.165) is 30.5 Å². The first kappa shape index (κ1) is 20.4. The maximum atomic E-state index is 5.62. The summed E-state index contributed by atoms with van der Waals surface area (Å²) in [6.07, 6.45) is 5.37. The van der Waals surface area contributed by atoms with Crippen LogP contribution in [0.4, 0.5) is 0 Å². The van der Waals surface area contributed by atoms with E-state index in [9.17, 15) is 0 Å². The maximum Gasteiger partial charge on any atom is 0.214 e. The summed E-state index contributed by atoms with van der Waals surface area (Å²) in [6.45, 7) is 8.59. The van der Waals surface area contributed by atoms with Crippen molar-refractivity contribution in [2.45, 2.75) is 59.2 Å². The molecule has 0 amide bonds. The van der Waals surface area contributed by atoms with Gasteiger partial charge in [-0.3, -0.25) is 9.89 Å². The van der Waals surface area contributed by atoms with E-state index >= 15 is 0 Å². The molecule has 6 nitrogen and oxygen atoms in total. The summed E-state index contributed by atoms with van der Waals surface area (Å²) in [5, 5.41) is 6.70. The molecular formula is C22H33N5O. The van der Waals surface area contributed by atoms with Crippen molar-refractivity contribution in [1.82, 2.24) is 20.5 Å². The van der Waals surface area contributed by atoms with Gasteiger partial charge in [-0.05, 0) is 50.9 Å². The fraction of sp³-hybridized carbons (Fsp3) is 0.545. The van der Waals surface area contributed by atoms with Gasteiger partial charge in [0, 0.05) is 20.1 Å². The second-order valence-corrected chi connectivity index (χ2v) is 7.49. The molecular weight excluding hydrogens is 350 g/mol. The number of guanidine groups is 1. The summed E-state index contributed by atoms with van der Waals surface area (Å²) in [6, 6.07) is 8.69. The molecule has 2 heterocycles. The lowest BCUT2D eigenvalue weighted by Gasteiger charge is -2.22. The highest BCUT2D eigenvalue weighted by Gasteiger charge is 2.12. The normalized spacial score (nSPS) is 16.0. The van der Waals surface area contributed by atoms with Crippen LogP contribution in [0.2, 0.25) is 0 Å².